The quantitative estimate of drug-likeness (QED) is 0.187. The van der Waals surface area contributed by atoms with E-state index in [0.717, 1.165) is 12.2 Å². The molecule has 1 fully saturated rings. The lowest BCUT2D eigenvalue weighted by Gasteiger charge is -2.27. The predicted octanol–water partition coefficient (Wildman–Crippen LogP) is 2.26. The van der Waals surface area contributed by atoms with Gasteiger partial charge in [-0.15, -0.1) is 5.10 Å². The zero-order chi connectivity index (χ0) is 22.6. The maximum atomic E-state index is 14.5. The van der Waals surface area contributed by atoms with Gasteiger partial charge in [-0.05, 0) is 33.6 Å². The molecule has 10 nitrogen and oxygen atoms in total. The van der Waals surface area contributed by atoms with Crippen molar-refractivity contribution in [2.45, 2.75) is 76.2 Å². The Labute approximate surface area is 183 Å². The van der Waals surface area contributed by atoms with Gasteiger partial charge in [-0.1, -0.05) is 23.9 Å². The number of thioether (sulfide) groups is 1. The summed E-state index contributed by atoms with van der Waals surface area (Å²) >= 11 is 1.35. The molecule has 3 atom stereocenters. The number of esters is 1. The molecule has 0 aliphatic heterocycles. The number of ether oxygens (including phenoxy) is 3. The molecule has 2 aromatic heterocycles. The van der Waals surface area contributed by atoms with E-state index in [0.29, 0.717) is 18.0 Å². The van der Waals surface area contributed by atoms with Crippen molar-refractivity contribution in [3.05, 3.63) is 5.95 Å². The molecular weight excluding hydrogens is 429 g/mol. The molecule has 1 N–H and O–H groups in total. The molecule has 3 rings (SSSR count). The van der Waals surface area contributed by atoms with E-state index in [1.54, 1.807) is 6.92 Å². The lowest BCUT2D eigenvalue weighted by molar-refractivity contribution is -0.212. The lowest BCUT2D eigenvalue weighted by Crippen LogP contribution is -2.33. The van der Waals surface area contributed by atoms with Crippen LogP contribution in [0.4, 0.5) is 4.39 Å². The Kier molecular flexibility index (Phi) is 7.78. The van der Waals surface area contributed by atoms with Crippen LogP contribution in [0.5, 0.6) is 0 Å². The second-order valence-electron chi connectivity index (χ2n) is 7.73. The van der Waals surface area contributed by atoms with Gasteiger partial charge in [0.1, 0.15) is 6.61 Å². The standard InChI is InChI=1S/C19H28FN5O5S/c1-5-7-31-18-21-16(20)15-17(22-18)25(24-23-15)12-8-11(29-10-14(26)28-6-2)9-13(12)30-19(3,4)27/h11-13,27H,5-10H2,1-4H3/t11?,12?,13-/m1/s1. The minimum atomic E-state index is -1.41. The number of halogens is 1. The maximum Gasteiger partial charge on any atom is 0.332 e. The second kappa shape index (κ2) is 10.2. The van der Waals surface area contributed by atoms with Crippen molar-refractivity contribution in [2.75, 3.05) is 19.0 Å². The van der Waals surface area contributed by atoms with Crippen LogP contribution < -0.4 is 0 Å². The molecule has 0 bridgehead atoms. The van der Waals surface area contributed by atoms with Gasteiger partial charge < -0.3 is 19.3 Å². The highest BCUT2D eigenvalue weighted by molar-refractivity contribution is 7.99. The Bertz CT molecular complexity index is 906. The summed E-state index contributed by atoms with van der Waals surface area (Å²) in [6.45, 7) is 6.87. The normalized spacial score (nSPS) is 21.7. The highest BCUT2D eigenvalue weighted by Crippen LogP contribution is 2.37. The monoisotopic (exact) mass is 457 g/mol. The number of hydrogen-bond acceptors (Lipinski definition) is 10. The number of rotatable bonds is 10. The first-order valence-electron chi connectivity index (χ1n) is 10.3. The number of fused-ring (bicyclic) bond motifs is 1. The third-order valence-corrected chi connectivity index (χ3v) is 5.67. The van der Waals surface area contributed by atoms with E-state index in [9.17, 15) is 14.3 Å². The van der Waals surface area contributed by atoms with Crippen LogP contribution in [-0.2, 0) is 19.0 Å². The number of hydrogen-bond donors (Lipinski definition) is 1. The lowest BCUT2D eigenvalue weighted by atomic mass is 10.2. The first-order valence-corrected chi connectivity index (χ1v) is 11.3. The minimum absolute atomic E-state index is 0.0289. The Hall–Kier alpha value is -1.89. The van der Waals surface area contributed by atoms with Crippen LogP contribution in [0.25, 0.3) is 11.2 Å². The molecular formula is C19H28FN5O5S. The number of carbonyl (C=O) groups is 1. The molecule has 1 aliphatic carbocycles. The van der Waals surface area contributed by atoms with Crippen LogP contribution in [0.1, 0.15) is 53.0 Å². The number of aliphatic hydroxyl groups is 1. The number of carbonyl (C=O) groups excluding carboxylic acids is 1. The molecule has 12 heteroatoms. The van der Waals surface area contributed by atoms with Gasteiger partial charge in [0.2, 0.25) is 5.95 Å². The SMILES string of the molecule is CCCSc1nc(F)c2nnn(C3CC(OCC(=O)OCC)C[C@H]3OC(C)(C)O)c2n1. The topological polar surface area (TPSA) is 121 Å². The zero-order valence-corrected chi connectivity index (χ0v) is 18.9. The van der Waals surface area contributed by atoms with Crippen molar-refractivity contribution in [1.82, 2.24) is 25.0 Å². The zero-order valence-electron chi connectivity index (χ0n) is 18.1. The highest BCUT2D eigenvalue weighted by Gasteiger charge is 2.41. The van der Waals surface area contributed by atoms with Gasteiger partial charge in [0.25, 0.3) is 0 Å². The van der Waals surface area contributed by atoms with Crippen LogP contribution in [0.3, 0.4) is 0 Å². The van der Waals surface area contributed by atoms with E-state index in [4.69, 9.17) is 14.2 Å². The number of nitrogens with zero attached hydrogens (tertiary/aromatic N) is 5. The first kappa shape index (κ1) is 23.8. The van der Waals surface area contributed by atoms with Crippen molar-refractivity contribution in [3.63, 3.8) is 0 Å². The average Bonchev–Trinajstić information content (AvgIpc) is 3.27. The molecule has 0 spiro atoms. The van der Waals surface area contributed by atoms with Gasteiger partial charge in [0, 0.05) is 12.2 Å². The fraction of sp³-hybridized carbons (Fsp3) is 0.737. The van der Waals surface area contributed by atoms with Gasteiger partial charge in [0.05, 0.1) is 24.9 Å². The van der Waals surface area contributed by atoms with Crippen molar-refractivity contribution in [3.8, 4) is 0 Å². The summed E-state index contributed by atoms with van der Waals surface area (Å²) in [5.74, 6) is -1.84. The van der Waals surface area contributed by atoms with Crippen LogP contribution in [-0.4, -0.2) is 73.0 Å². The van der Waals surface area contributed by atoms with Gasteiger partial charge in [-0.25, -0.2) is 14.5 Å². The highest BCUT2D eigenvalue weighted by atomic mass is 32.2. The summed E-state index contributed by atoms with van der Waals surface area (Å²) in [6, 6.07) is -0.429. The molecule has 2 heterocycles. The smallest absolute Gasteiger partial charge is 0.332 e. The minimum Gasteiger partial charge on any atom is -0.464 e. The molecule has 1 saturated carbocycles. The largest absolute Gasteiger partial charge is 0.464 e. The Morgan fingerprint density at radius 1 is 1.32 bits per heavy atom. The van der Waals surface area contributed by atoms with Crippen molar-refractivity contribution in [1.29, 1.82) is 0 Å². The van der Waals surface area contributed by atoms with Crippen LogP contribution in [0, 0.1) is 5.95 Å². The fourth-order valence-electron chi connectivity index (χ4n) is 3.47. The Balaban J connectivity index is 1.87. The summed E-state index contributed by atoms with van der Waals surface area (Å²) < 4.78 is 32.4. The van der Waals surface area contributed by atoms with E-state index >= 15 is 0 Å². The summed E-state index contributed by atoms with van der Waals surface area (Å²) in [5, 5.41) is 18.5. The molecule has 0 aromatic carbocycles. The Morgan fingerprint density at radius 2 is 2.10 bits per heavy atom. The fourth-order valence-corrected chi connectivity index (χ4v) is 4.16. The van der Waals surface area contributed by atoms with Gasteiger partial charge in [-0.3, -0.25) is 0 Å². The van der Waals surface area contributed by atoms with Crippen LogP contribution in [0.2, 0.25) is 0 Å². The molecule has 1 aliphatic rings. The summed E-state index contributed by atoms with van der Waals surface area (Å²) in [7, 11) is 0. The molecule has 0 radical (unpaired) electrons. The Morgan fingerprint density at radius 3 is 2.77 bits per heavy atom. The number of aromatic nitrogens is 5. The van der Waals surface area contributed by atoms with E-state index in [1.807, 2.05) is 6.92 Å². The predicted molar refractivity (Wildman–Crippen MR) is 110 cm³/mol. The van der Waals surface area contributed by atoms with Gasteiger partial charge >= 0.3 is 5.97 Å². The summed E-state index contributed by atoms with van der Waals surface area (Å²) in [4.78, 5) is 20.0. The third-order valence-electron chi connectivity index (χ3n) is 4.62. The summed E-state index contributed by atoms with van der Waals surface area (Å²) in [5.41, 5.74) is 0.227. The van der Waals surface area contributed by atoms with Crippen LogP contribution >= 0.6 is 11.8 Å². The molecule has 2 aromatic rings. The van der Waals surface area contributed by atoms with E-state index in [1.165, 1.54) is 30.3 Å². The third kappa shape index (κ3) is 6.09. The molecule has 31 heavy (non-hydrogen) atoms. The van der Waals surface area contributed by atoms with Crippen molar-refractivity contribution < 1.29 is 28.5 Å². The molecule has 0 saturated heterocycles. The average molecular weight is 458 g/mol. The second-order valence-corrected chi connectivity index (χ2v) is 8.79. The first-order chi connectivity index (χ1) is 14.7. The van der Waals surface area contributed by atoms with E-state index in [-0.39, 0.29) is 30.5 Å². The van der Waals surface area contributed by atoms with E-state index in [2.05, 4.69) is 20.3 Å². The molecule has 172 valence electrons. The molecule has 2 unspecified atom stereocenters. The van der Waals surface area contributed by atoms with E-state index < -0.39 is 29.8 Å². The van der Waals surface area contributed by atoms with Gasteiger partial charge in [-0.2, -0.15) is 9.37 Å². The summed E-state index contributed by atoms with van der Waals surface area (Å²) in [6.07, 6.45) is 0.861. The van der Waals surface area contributed by atoms with Gasteiger partial charge in [0.15, 0.2) is 22.1 Å². The van der Waals surface area contributed by atoms with Crippen molar-refractivity contribution in [2.24, 2.45) is 0 Å². The maximum absolute atomic E-state index is 14.5. The van der Waals surface area contributed by atoms with Crippen molar-refractivity contribution >= 4 is 28.9 Å². The molecule has 0 amide bonds. The van der Waals surface area contributed by atoms with Crippen LogP contribution in [0.15, 0.2) is 5.16 Å².